The summed E-state index contributed by atoms with van der Waals surface area (Å²) in [5, 5.41) is 9.82. The molecule has 5 heterocycles. The van der Waals surface area contributed by atoms with Gasteiger partial charge < -0.3 is 15.1 Å². The zero-order chi connectivity index (χ0) is 22.8. The number of anilines is 2. The third-order valence-corrected chi connectivity index (χ3v) is 6.04. The van der Waals surface area contributed by atoms with Gasteiger partial charge in [-0.25, -0.2) is 9.97 Å². The van der Waals surface area contributed by atoms with E-state index >= 15 is 0 Å². The highest BCUT2D eigenvalue weighted by Crippen LogP contribution is 2.25. The van der Waals surface area contributed by atoms with Gasteiger partial charge in [0, 0.05) is 80.2 Å². The molecule has 0 radical (unpaired) electrons. The Hall–Kier alpha value is -3.78. The number of aromatic nitrogens is 5. The highest BCUT2D eigenvalue weighted by atomic mass is 15.3. The van der Waals surface area contributed by atoms with Crippen molar-refractivity contribution in [3.63, 3.8) is 0 Å². The van der Waals surface area contributed by atoms with E-state index in [0.717, 1.165) is 71.1 Å². The molecule has 168 valence electrons. The molecule has 0 aliphatic carbocycles. The molecule has 0 unspecified atom stereocenters. The molecule has 0 saturated carbocycles. The van der Waals surface area contributed by atoms with Crippen molar-refractivity contribution in [1.82, 2.24) is 29.6 Å². The van der Waals surface area contributed by atoms with Gasteiger partial charge in [0.2, 0.25) is 0 Å². The Labute approximate surface area is 193 Å². The summed E-state index contributed by atoms with van der Waals surface area (Å²) in [4.78, 5) is 18.5. The summed E-state index contributed by atoms with van der Waals surface area (Å²) in [5.41, 5.74) is 3.98. The molecule has 0 bridgehead atoms. The molecule has 1 N–H and O–H groups in total. The van der Waals surface area contributed by atoms with Crippen LogP contribution < -0.4 is 10.2 Å². The van der Waals surface area contributed by atoms with Gasteiger partial charge in [-0.1, -0.05) is 6.08 Å². The summed E-state index contributed by atoms with van der Waals surface area (Å²) in [5.74, 6) is 1.80. The fourth-order valence-electron chi connectivity index (χ4n) is 4.06. The second-order valence-electron chi connectivity index (χ2n) is 8.41. The Bertz CT molecular complexity index is 1300. The van der Waals surface area contributed by atoms with Crippen molar-refractivity contribution >= 4 is 28.1 Å². The van der Waals surface area contributed by atoms with E-state index in [4.69, 9.17) is 0 Å². The number of allylic oxidation sites excluding steroid dienone is 1. The van der Waals surface area contributed by atoms with Gasteiger partial charge in [0.15, 0.2) is 0 Å². The Morgan fingerprint density at radius 1 is 0.939 bits per heavy atom. The molecule has 1 aliphatic heterocycles. The van der Waals surface area contributed by atoms with Gasteiger partial charge in [-0.2, -0.15) is 5.10 Å². The summed E-state index contributed by atoms with van der Waals surface area (Å²) in [6.45, 7) is 6.12. The van der Waals surface area contributed by atoms with Gasteiger partial charge in [-0.3, -0.25) is 9.67 Å². The predicted octanol–water partition coefficient (Wildman–Crippen LogP) is 3.65. The number of nitrogens with zero attached hydrogens (tertiary/aromatic N) is 7. The fourth-order valence-corrected chi connectivity index (χ4v) is 4.06. The van der Waals surface area contributed by atoms with Crippen LogP contribution in [0.2, 0.25) is 0 Å². The number of nitrogens with one attached hydrogen (secondary N) is 1. The highest BCUT2D eigenvalue weighted by Gasteiger charge is 2.16. The average Bonchev–Trinajstić information content (AvgIpc) is 3.29. The van der Waals surface area contributed by atoms with Crippen LogP contribution in [-0.4, -0.2) is 62.9 Å². The summed E-state index contributed by atoms with van der Waals surface area (Å²) >= 11 is 0. The fraction of sp³-hybridized carbons (Fsp3) is 0.280. The van der Waals surface area contributed by atoms with Crippen LogP contribution >= 0.6 is 0 Å². The SMILES string of the molecule is C/C=C(\Nc1cc2cc(-c3cnn(C)c3)ncc2cn1)c1ccnc(N2CCN(C)CC2)c1. The maximum atomic E-state index is 4.62. The third kappa shape index (κ3) is 4.56. The molecule has 8 heteroatoms. The van der Waals surface area contributed by atoms with Gasteiger partial charge in [0.05, 0.1) is 11.9 Å². The van der Waals surface area contributed by atoms with Gasteiger partial charge in [0.25, 0.3) is 0 Å². The Balaban J connectivity index is 1.39. The summed E-state index contributed by atoms with van der Waals surface area (Å²) in [6.07, 6.45) is 11.5. The molecule has 33 heavy (non-hydrogen) atoms. The number of hydrogen-bond donors (Lipinski definition) is 1. The predicted molar refractivity (Wildman–Crippen MR) is 133 cm³/mol. The Kier molecular flexibility index (Phi) is 5.75. The van der Waals surface area contributed by atoms with E-state index in [1.807, 2.05) is 51.0 Å². The second kappa shape index (κ2) is 8.99. The summed E-state index contributed by atoms with van der Waals surface area (Å²) < 4.78 is 1.78. The van der Waals surface area contributed by atoms with Crippen LogP contribution in [0, 0.1) is 0 Å². The molecule has 4 aromatic rings. The van der Waals surface area contributed by atoms with Crippen molar-refractivity contribution in [3.05, 3.63) is 66.9 Å². The summed E-state index contributed by atoms with van der Waals surface area (Å²) in [6, 6.07) is 8.32. The topological polar surface area (TPSA) is 75.0 Å². The van der Waals surface area contributed by atoms with Crippen molar-refractivity contribution < 1.29 is 0 Å². The number of aryl methyl sites for hydroxylation is 1. The lowest BCUT2D eigenvalue weighted by Gasteiger charge is -2.33. The second-order valence-corrected chi connectivity index (χ2v) is 8.41. The molecular weight excluding hydrogens is 412 g/mol. The van der Waals surface area contributed by atoms with Crippen molar-refractivity contribution in [2.24, 2.45) is 7.05 Å². The monoisotopic (exact) mass is 440 g/mol. The minimum atomic E-state index is 0.789. The largest absolute Gasteiger partial charge is 0.354 e. The maximum absolute atomic E-state index is 4.62. The van der Waals surface area contributed by atoms with Crippen molar-refractivity contribution in [2.45, 2.75) is 6.92 Å². The van der Waals surface area contributed by atoms with Gasteiger partial charge in [-0.15, -0.1) is 0 Å². The van der Waals surface area contributed by atoms with Crippen LogP contribution in [0.25, 0.3) is 27.7 Å². The number of hydrogen-bond acceptors (Lipinski definition) is 7. The normalized spacial score (nSPS) is 15.2. The smallest absolute Gasteiger partial charge is 0.130 e. The number of piperazine rings is 1. The molecule has 0 atom stereocenters. The lowest BCUT2D eigenvalue weighted by molar-refractivity contribution is 0.312. The van der Waals surface area contributed by atoms with Crippen LogP contribution in [0.3, 0.4) is 0 Å². The van der Waals surface area contributed by atoms with Crippen molar-refractivity contribution in [1.29, 1.82) is 0 Å². The zero-order valence-electron chi connectivity index (χ0n) is 19.2. The van der Waals surface area contributed by atoms with E-state index < -0.39 is 0 Å². The van der Waals surface area contributed by atoms with Crippen LogP contribution in [0.5, 0.6) is 0 Å². The molecule has 0 spiro atoms. The van der Waals surface area contributed by atoms with Crippen molar-refractivity contribution in [3.8, 4) is 11.3 Å². The highest BCUT2D eigenvalue weighted by molar-refractivity contribution is 5.88. The molecule has 0 amide bonds. The Morgan fingerprint density at radius 2 is 1.76 bits per heavy atom. The number of likely N-dealkylation sites (N-methyl/N-ethyl adjacent to an activating group) is 1. The first-order valence-electron chi connectivity index (χ1n) is 11.2. The molecular formula is C25H28N8. The quantitative estimate of drug-likeness (QED) is 0.508. The standard InChI is InChI=1S/C25H28N8/c1-4-22(18-5-6-26-25(13-18)33-9-7-31(2)8-10-33)30-24-12-19-11-23(21-16-29-32(3)17-21)27-14-20(19)15-28-24/h4-6,11-17H,7-10H2,1-3H3,(H,28,30)/b22-4-. The average molecular weight is 441 g/mol. The molecule has 0 aromatic carbocycles. The Morgan fingerprint density at radius 3 is 2.52 bits per heavy atom. The van der Waals surface area contributed by atoms with E-state index in [2.05, 4.69) is 66.5 Å². The van der Waals surface area contributed by atoms with Crippen LogP contribution in [0.15, 0.2) is 61.3 Å². The van der Waals surface area contributed by atoms with Crippen LogP contribution in [0.1, 0.15) is 12.5 Å². The molecule has 8 nitrogen and oxygen atoms in total. The van der Waals surface area contributed by atoms with Gasteiger partial charge in [0.1, 0.15) is 11.6 Å². The number of rotatable bonds is 5. The lowest BCUT2D eigenvalue weighted by atomic mass is 10.1. The van der Waals surface area contributed by atoms with Crippen LogP contribution in [0.4, 0.5) is 11.6 Å². The first-order chi connectivity index (χ1) is 16.1. The van der Waals surface area contributed by atoms with Crippen LogP contribution in [-0.2, 0) is 7.05 Å². The summed E-state index contributed by atoms with van der Waals surface area (Å²) in [7, 11) is 4.07. The van der Waals surface area contributed by atoms with E-state index in [9.17, 15) is 0 Å². The van der Waals surface area contributed by atoms with E-state index in [-0.39, 0.29) is 0 Å². The van der Waals surface area contributed by atoms with Gasteiger partial charge in [-0.05, 0) is 43.6 Å². The zero-order valence-corrected chi connectivity index (χ0v) is 19.2. The molecule has 4 aromatic heterocycles. The van der Waals surface area contributed by atoms with E-state index in [1.165, 1.54) is 0 Å². The molecule has 1 fully saturated rings. The van der Waals surface area contributed by atoms with Gasteiger partial charge >= 0.3 is 0 Å². The maximum Gasteiger partial charge on any atom is 0.130 e. The number of fused-ring (bicyclic) bond motifs is 1. The lowest BCUT2D eigenvalue weighted by Crippen LogP contribution is -2.44. The van der Waals surface area contributed by atoms with Crippen molar-refractivity contribution in [2.75, 3.05) is 43.4 Å². The first kappa shape index (κ1) is 21.1. The minimum Gasteiger partial charge on any atom is -0.354 e. The molecule has 5 rings (SSSR count). The molecule has 1 saturated heterocycles. The van der Waals surface area contributed by atoms with E-state index in [0.29, 0.717) is 0 Å². The molecule has 1 aliphatic rings. The third-order valence-electron chi connectivity index (χ3n) is 6.04. The number of pyridine rings is 3. The first-order valence-corrected chi connectivity index (χ1v) is 11.2. The van der Waals surface area contributed by atoms with E-state index in [1.54, 1.807) is 4.68 Å². The minimum absolute atomic E-state index is 0.789.